The topological polar surface area (TPSA) is 161 Å². The number of imide groups is 1. The Morgan fingerprint density at radius 3 is 2.39 bits per heavy atom. The summed E-state index contributed by atoms with van der Waals surface area (Å²) in [5.74, 6) is -1.22. The lowest BCUT2D eigenvalue weighted by Gasteiger charge is -2.42. The lowest BCUT2D eigenvalue weighted by atomic mass is 9.82. The maximum Gasteiger partial charge on any atom is 0.419 e. The minimum atomic E-state index is -4.81. The number of alkyl halides is 3. The van der Waals surface area contributed by atoms with Crippen LogP contribution >= 0.6 is 12.2 Å². The molecule has 306 valence electrons. The minimum absolute atomic E-state index is 0.0418. The summed E-state index contributed by atoms with van der Waals surface area (Å²) in [6.45, 7) is 8.55. The van der Waals surface area contributed by atoms with Gasteiger partial charge >= 0.3 is 6.18 Å². The summed E-state index contributed by atoms with van der Waals surface area (Å²) in [5.41, 5.74) is -2.03. The van der Waals surface area contributed by atoms with Gasteiger partial charge < -0.3 is 15.0 Å². The van der Waals surface area contributed by atoms with Crippen LogP contribution in [-0.4, -0.2) is 91.4 Å². The van der Waals surface area contributed by atoms with Crippen molar-refractivity contribution in [2.24, 2.45) is 5.92 Å². The van der Waals surface area contributed by atoms with E-state index in [9.17, 15) is 32.3 Å². The summed E-state index contributed by atoms with van der Waals surface area (Å²) in [5, 5.41) is 14.5. The Bertz CT molecular complexity index is 1900. The molecule has 2 aromatic rings. The number of amides is 4. The van der Waals surface area contributed by atoms with Crippen molar-refractivity contribution in [3.8, 4) is 6.07 Å². The molecule has 4 fully saturated rings. The minimum Gasteiger partial charge on any atom is -0.378 e. The number of carbonyl (C=O) groups is 4. The number of carbonyl (C=O) groups excluding carboxylic acids is 4. The molecule has 0 radical (unpaired) electrons. The van der Waals surface area contributed by atoms with Crippen LogP contribution < -0.4 is 15.5 Å². The smallest absolute Gasteiger partial charge is 0.378 e. The van der Waals surface area contributed by atoms with Gasteiger partial charge in [0, 0.05) is 31.2 Å². The number of nitriles is 1. The standard InChI is InChI=1S/C40H49F3N8O5S/c1-23-16-29(17-24(2)49(23)22-35(53)47-26-9-13-32(45-20-26)30-12-14-34(52)48-36(30)54)56-15-5-6-25-7-10-27(11-8-25)51-38(57)50(37(55)39(51,3)4)28-18-31(40(41,42)43)33(19-44)46-21-28/h9,13,18,20-21,23-25,27,29-30H,5-8,10-12,14-17,22H2,1-4H3,(H,47,53)(H,48,52,54). The van der Waals surface area contributed by atoms with Crippen LogP contribution in [0.25, 0.3) is 0 Å². The third-order valence-electron chi connectivity index (χ3n) is 11.9. The van der Waals surface area contributed by atoms with Gasteiger partial charge in [0.05, 0.1) is 53.6 Å². The summed E-state index contributed by atoms with van der Waals surface area (Å²) in [4.78, 5) is 63.4. The summed E-state index contributed by atoms with van der Waals surface area (Å²) in [6.07, 6.45) is 5.54. The van der Waals surface area contributed by atoms with E-state index in [2.05, 4.69) is 39.3 Å². The zero-order valence-electron chi connectivity index (χ0n) is 32.6. The van der Waals surface area contributed by atoms with Gasteiger partial charge in [-0.3, -0.25) is 39.3 Å². The van der Waals surface area contributed by atoms with Crippen molar-refractivity contribution in [1.82, 2.24) is 25.1 Å². The third-order valence-corrected chi connectivity index (χ3v) is 12.3. The molecule has 1 aliphatic carbocycles. The maximum absolute atomic E-state index is 13.7. The average Bonchev–Trinajstić information content (AvgIpc) is 3.33. The van der Waals surface area contributed by atoms with Crippen molar-refractivity contribution in [3.63, 3.8) is 0 Å². The summed E-state index contributed by atoms with van der Waals surface area (Å²) >= 11 is 5.72. The fourth-order valence-corrected chi connectivity index (χ4v) is 9.45. The van der Waals surface area contributed by atoms with E-state index < -0.39 is 34.8 Å². The first-order chi connectivity index (χ1) is 27.0. The van der Waals surface area contributed by atoms with Gasteiger partial charge in [0.1, 0.15) is 11.6 Å². The molecule has 17 heteroatoms. The van der Waals surface area contributed by atoms with E-state index in [1.165, 1.54) is 12.3 Å². The van der Waals surface area contributed by atoms with Gasteiger partial charge in [0.25, 0.3) is 5.91 Å². The number of anilines is 2. The molecule has 3 saturated heterocycles. The second-order valence-corrected chi connectivity index (χ2v) is 16.6. The zero-order valence-corrected chi connectivity index (χ0v) is 33.4. The number of aromatic nitrogens is 2. The van der Waals surface area contributed by atoms with Crippen LogP contribution in [0, 0.1) is 17.2 Å². The van der Waals surface area contributed by atoms with Crippen molar-refractivity contribution in [3.05, 3.63) is 47.5 Å². The molecule has 57 heavy (non-hydrogen) atoms. The molecule has 3 unspecified atom stereocenters. The maximum atomic E-state index is 13.7. The number of piperidine rings is 2. The zero-order chi connectivity index (χ0) is 41.2. The van der Waals surface area contributed by atoms with Crippen LogP contribution in [0.2, 0.25) is 0 Å². The second-order valence-electron chi connectivity index (χ2n) is 16.2. The Kier molecular flexibility index (Phi) is 12.7. The summed E-state index contributed by atoms with van der Waals surface area (Å²) in [7, 11) is 0. The Hall–Kier alpha value is -4.53. The van der Waals surface area contributed by atoms with E-state index in [0.717, 1.165) is 68.5 Å². The molecule has 2 N–H and O–H groups in total. The summed E-state index contributed by atoms with van der Waals surface area (Å²) < 4.78 is 47.4. The number of hydrogen-bond acceptors (Lipinski definition) is 10. The molecule has 5 heterocycles. The monoisotopic (exact) mass is 810 g/mol. The van der Waals surface area contributed by atoms with Crippen LogP contribution in [0.4, 0.5) is 24.5 Å². The number of thiocarbonyl (C=S) groups is 1. The number of hydrogen-bond donors (Lipinski definition) is 2. The number of ether oxygens (including phenoxy) is 1. The van der Waals surface area contributed by atoms with Crippen LogP contribution in [0.1, 0.15) is 115 Å². The van der Waals surface area contributed by atoms with Crippen molar-refractivity contribution in [2.75, 3.05) is 23.4 Å². The van der Waals surface area contributed by atoms with Gasteiger partial charge in [0.2, 0.25) is 17.7 Å². The largest absolute Gasteiger partial charge is 0.419 e. The fraction of sp³-hybridized carbons (Fsp3) is 0.600. The molecule has 2 aromatic heterocycles. The van der Waals surface area contributed by atoms with Crippen molar-refractivity contribution in [2.45, 2.75) is 134 Å². The highest BCUT2D eigenvalue weighted by Gasteiger charge is 2.53. The molecule has 13 nitrogen and oxygen atoms in total. The molecule has 3 aliphatic heterocycles. The normalized spacial score (nSPS) is 27.0. The van der Waals surface area contributed by atoms with Crippen molar-refractivity contribution < 1.29 is 37.1 Å². The van der Waals surface area contributed by atoms with Gasteiger partial charge in [-0.2, -0.15) is 18.4 Å². The molecule has 0 aromatic carbocycles. The van der Waals surface area contributed by atoms with E-state index in [-0.39, 0.29) is 65.7 Å². The van der Waals surface area contributed by atoms with Gasteiger partial charge in [-0.15, -0.1) is 0 Å². The third kappa shape index (κ3) is 9.29. The highest BCUT2D eigenvalue weighted by Crippen LogP contribution is 2.41. The van der Waals surface area contributed by atoms with E-state index in [1.54, 1.807) is 26.0 Å². The Labute approximate surface area is 335 Å². The van der Waals surface area contributed by atoms with Gasteiger partial charge in [-0.05, 0) is 122 Å². The summed E-state index contributed by atoms with van der Waals surface area (Å²) in [6, 6.07) is 5.90. The van der Waals surface area contributed by atoms with E-state index in [4.69, 9.17) is 22.2 Å². The molecule has 3 atom stereocenters. The van der Waals surface area contributed by atoms with Crippen LogP contribution in [-0.2, 0) is 30.1 Å². The number of halogens is 3. The van der Waals surface area contributed by atoms with E-state index >= 15 is 0 Å². The van der Waals surface area contributed by atoms with E-state index in [0.29, 0.717) is 30.3 Å². The molecule has 1 saturated carbocycles. The lowest BCUT2D eigenvalue weighted by molar-refractivity contribution is -0.138. The SMILES string of the molecule is CC1CC(OCCCC2CCC(N3C(=S)N(c4cnc(C#N)c(C(F)(F)F)c4)C(=O)C3(C)C)CC2)CC(C)N1CC(=O)Nc1ccc(C2CCC(=O)NC2=O)nc1. The van der Waals surface area contributed by atoms with Gasteiger partial charge in [-0.1, -0.05) is 0 Å². The molecule has 6 rings (SSSR count). The Morgan fingerprint density at radius 1 is 1.07 bits per heavy atom. The van der Waals surface area contributed by atoms with Crippen LogP contribution in [0.15, 0.2) is 30.6 Å². The number of nitrogens with zero attached hydrogens (tertiary/aromatic N) is 6. The predicted molar refractivity (Wildman–Crippen MR) is 208 cm³/mol. The van der Waals surface area contributed by atoms with Gasteiger partial charge in [-0.25, -0.2) is 4.98 Å². The molecule has 0 spiro atoms. The quantitative estimate of drug-likeness (QED) is 0.160. The number of likely N-dealkylation sites (tertiary alicyclic amines) is 1. The fourth-order valence-electron chi connectivity index (χ4n) is 8.88. The number of pyridine rings is 2. The number of nitrogens with one attached hydrogen (secondary N) is 2. The Balaban J connectivity index is 0.918. The predicted octanol–water partition coefficient (Wildman–Crippen LogP) is 5.84. The second kappa shape index (κ2) is 17.1. The molecular weight excluding hydrogens is 762 g/mol. The Morgan fingerprint density at radius 2 is 1.77 bits per heavy atom. The van der Waals surface area contributed by atoms with Crippen molar-refractivity contribution >= 4 is 52.3 Å². The average molecular weight is 811 g/mol. The molecule has 0 bridgehead atoms. The molecule has 4 aliphatic rings. The van der Waals surface area contributed by atoms with Crippen LogP contribution in [0.5, 0.6) is 0 Å². The van der Waals surface area contributed by atoms with Crippen molar-refractivity contribution in [1.29, 1.82) is 5.26 Å². The first kappa shape index (κ1) is 42.1. The number of rotatable bonds is 11. The first-order valence-electron chi connectivity index (χ1n) is 19.6. The first-order valence-corrected chi connectivity index (χ1v) is 20.0. The van der Waals surface area contributed by atoms with Gasteiger partial charge in [0.15, 0.2) is 10.8 Å². The van der Waals surface area contributed by atoms with Crippen LogP contribution in [0.3, 0.4) is 0 Å². The lowest BCUT2D eigenvalue weighted by Crippen LogP contribution is -2.51. The van der Waals surface area contributed by atoms with E-state index in [1.807, 2.05) is 4.90 Å². The highest BCUT2D eigenvalue weighted by molar-refractivity contribution is 7.80. The highest BCUT2D eigenvalue weighted by atomic mass is 32.1. The molecule has 4 amide bonds. The molecular formula is C40H49F3N8O5S.